The molecule has 1 saturated heterocycles. The summed E-state index contributed by atoms with van der Waals surface area (Å²) in [7, 11) is 1.67. The van der Waals surface area contributed by atoms with Gasteiger partial charge >= 0.3 is 0 Å². The SMILES string of the molecule is CN(CCOCCO)C(=O)C1(C#N)CCOCC1. The molecule has 6 nitrogen and oxygen atoms in total. The van der Waals surface area contributed by atoms with Crippen LogP contribution in [0.15, 0.2) is 0 Å². The topological polar surface area (TPSA) is 82.8 Å². The number of amides is 1. The predicted molar refractivity (Wildman–Crippen MR) is 63.6 cm³/mol. The first kappa shape index (κ1) is 14.9. The number of nitriles is 1. The maximum atomic E-state index is 12.3. The third-order valence-electron chi connectivity index (χ3n) is 3.12. The predicted octanol–water partition coefficient (Wildman–Crippen LogP) is -0.226. The highest BCUT2D eigenvalue weighted by atomic mass is 16.5. The second kappa shape index (κ2) is 7.31. The maximum absolute atomic E-state index is 12.3. The molecule has 1 aliphatic heterocycles. The molecule has 0 saturated carbocycles. The number of likely N-dealkylation sites (N-methyl/N-ethyl adjacent to an activating group) is 1. The van der Waals surface area contributed by atoms with Gasteiger partial charge in [0, 0.05) is 26.8 Å². The van der Waals surface area contributed by atoms with Gasteiger partial charge in [-0.15, -0.1) is 0 Å². The van der Waals surface area contributed by atoms with Gasteiger partial charge in [0.25, 0.3) is 0 Å². The second-order valence-electron chi connectivity index (χ2n) is 4.37. The molecule has 0 spiro atoms. The van der Waals surface area contributed by atoms with Gasteiger partial charge in [-0.1, -0.05) is 0 Å². The number of aliphatic hydroxyl groups is 1. The van der Waals surface area contributed by atoms with Crippen LogP contribution in [0.4, 0.5) is 0 Å². The van der Waals surface area contributed by atoms with Crippen molar-refractivity contribution in [3.05, 3.63) is 0 Å². The van der Waals surface area contributed by atoms with E-state index in [1.807, 2.05) is 0 Å². The van der Waals surface area contributed by atoms with Gasteiger partial charge in [0.2, 0.25) is 5.91 Å². The van der Waals surface area contributed by atoms with Crippen molar-refractivity contribution in [2.24, 2.45) is 5.41 Å². The fourth-order valence-electron chi connectivity index (χ4n) is 1.93. The summed E-state index contributed by atoms with van der Waals surface area (Å²) in [4.78, 5) is 13.8. The summed E-state index contributed by atoms with van der Waals surface area (Å²) in [5.74, 6) is -0.166. The van der Waals surface area contributed by atoms with E-state index in [1.165, 1.54) is 4.90 Å². The molecule has 0 atom stereocenters. The minimum absolute atomic E-state index is 0.0306. The van der Waals surface area contributed by atoms with E-state index in [0.29, 0.717) is 39.2 Å². The van der Waals surface area contributed by atoms with E-state index >= 15 is 0 Å². The monoisotopic (exact) mass is 256 g/mol. The highest BCUT2D eigenvalue weighted by molar-refractivity contribution is 5.85. The molecule has 1 aliphatic rings. The van der Waals surface area contributed by atoms with Gasteiger partial charge in [0.1, 0.15) is 5.41 Å². The first-order chi connectivity index (χ1) is 8.66. The standard InChI is InChI=1S/C12H20N2O4/c1-14(4-8-18-9-5-15)11(16)12(10-13)2-6-17-7-3-12/h15H,2-9H2,1H3. The van der Waals surface area contributed by atoms with E-state index in [-0.39, 0.29) is 19.1 Å². The zero-order valence-electron chi connectivity index (χ0n) is 10.7. The molecule has 0 unspecified atom stereocenters. The molecule has 102 valence electrons. The van der Waals surface area contributed by atoms with Gasteiger partial charge in [0.15, 0.2) is 0 Å². The zero-order valence-corrected chi connectivity index (χ0v) is 10.7. The summed E-state index contributed by atoms with van der Waals surface area (Å²) in [5.41, 5.74) is -0.940. The largest absolute Gasteiger partial charge is 0.394 e. The minimum Gasteiger partial charge on any atom is -0.394 e. The lowest BCUT2D eigenvalue weighted by Crippen LogP contribution is -2.45. The molecule has 0 bridgehead atoms. The van der Waals surface area contributed by atoms with Crippen LogP contribution < -0.4 is 0 Å². The third kappa shape index (κ3) is 3.67. The first-order valence-electron chi connectivity index (χ1n) is 6.09. The van der Waals surface area contributed by atoms with Crippen LogP contribution in [-0.2, 0) is 14.3 Å². The van der Waals surface area contributed by atoms with E-state index in [4.69, 9.17) is 14.6 Å². The molecular weight excluding hydrogens is 236 g/mol. The number of hydrogen-bond donors (Lipinski definition) is 1. The van der Waals surface area contributed by atoms with Gasteiger partial charge < -0.3 is 19.5 Å². The van der Waals surface area contributed by atoms with Crippen molar-refractivity contribution in [3.63, 3.8) is 0 Å². The number of rotatable bonds is 6. The summed E-state index contributed by atoms with van der Waals surface area (Å²) in [6, 6.07) is 2.15. The lowest BCUT2D eigenvalue weighted by molar-refractivity contribution is -0.142. The Balaban J connectivity index is 2.48. The molecule has 1 N–H and O–H groups in total. The molecule has 0 radical (unpaired) electrons. The molecule has 18 heavy (non-hydrogen) atoms. The van der Waals surface area contributed by atoms with E-state index < -0.39 is 5.41 Å². The van der Waals surface area contributed by atoms with Crippen LogP contribution in [0.2, 0.25) is 0 Å². The number of ether oxygens (including phenoxy) is 2. The fourth-order valence-corrected chi connectivity index (χ4v) is 1.93. The van der Waals surface area contributed by atoms with Crippen molar-refractivity contribution >= 4 is 5.91 Å². The quantitative estimate of drug-likeness (QED) is 0.664. The van der Waals surface area contributed by atoms with Crippen LogP contribution in [0.1, 0.15) is 12.8 Å². The van der Waals surface area contributed by atoms with Gasteiger partial charge in [0.05, 0.1) is 25.9 Å². The molecule has 0 aliphatic carbocycles. The molecule has 0 aromatic heterocycles. The average Bonchev–Trinajstić information content (AvgIpc) is 2.43. The Labute approximate surface area is 107 Å². The van der Waals surface area contributed by atoms with Gasteiger partial charge in [-0.25, -0.2) is 0 Å². The fraction of sp³-hybridized carbons (Fsp3) is 0.833. The Morgan fingerprint density at radius 1 is 1.50 bits per heavy atom. The Bertz CT molecular complexity index is 308. The van der Waals surface area contributed by atoms with Crippen molar-refractivity contribution in [3.8, 4) is 6.07 Å². The Morgan fingerprint density at radius 3 is 2.72 bits per heavy atom. The van der Waals surface area contributed by atoms with Crippen LogP contribution in [0.3, 0.4) is 0 Å². The normalized spacial score (nSPS) is 18.1. The number of hydrogen-bond acceptors (Lipinski definition) is 5. The van der Waals surface area contributed by atoms with Crippen LogP contribution in [0.5, 0.6) is 0 Å². The first-order valence-corrected chi connectivity index (χ1v) is 6.09. The maximum Gasteiger partial charge on any atom is 0.243 e. The summed E-state index contributed by atoms with van der Waals surface area (Å²) >= 11 is 0. The van der Waals surface area contributed by atoms with Crippen molar-refractivity contribution in [2.45, 2.75) is 12.8 Å². The van der Waals surface area contributed by atoms with E-state index in [9.17, 15) is 10.1 Å². The Hall–Kier alpha value is -1.16. The molecule has 0 aromatic carbocycles. The molecule has 1 heterocycles. The Morgan fingerprint density at radius 2 is 2.17 bits per heavy atom. The molecule has 0 aromatic rings. The summed E-state index contributed by atoms with van der Waals surface area (Å²) in [6.07, 6.45) is 0.897. The highest BCUT2D eigenvalue weighted by Crippen LogP contribution is 2.31. The van der Waals surface area contributed by atoms with Crippen molar-refractivity contribution in [1.82, 2.24) is 4.90 Å². The summed E-state index contributed by atoms with van der Waals surface area (Å²) in [6.45, 7) is 1.92. The van der Waals surface area contributed by atoms with Crippen molar-refractivity contribution < 1.29 is 19.4 Å². The number of aliphatic hydroxyl groups excluding tert-OH is 1. The number of carbonyl (C=O) groups excluding carboxylic acids is 1. The van der Waals surface area contributed by atoms with Crippen LogP contribution in [-0.4, -0.2) is 62.5 Å². The summed E-state index contributed by atoms with van der Waals surface area (Å²) in [5, 5.41) is 17.8. The lowest BCUT2D eigenvalue weighted by Gasteiger charge is -2.33. The molecule has 1 amide bonds. The van der Waals surface area contributed by atoms with Crippen LogP contribution in [0, 0.1) is 16.7 Å². The van der Waals surface area contributed by atoms with Crippen LogP contribution in [0.25, 0.3) is 0 Å². The highest BCUT2D eigenvalue weighted by Gasteiger charge is 2.42. The molecule has 6 heteroatoms. The number of carbonyl (C=O) groups is 1. The van der Waals surface area contributed by atoms with Crippen molar-refractivity contribution in [1.29, 1.82) is 5.26 Å². The lowest BCUT2D eigenvalue weighted by atomic mass is 9.80. The van der Waals surface area contributed by atoms with E-state index in [0.717, 1.165) is 0 Å². The second-order valence-corrected chi connectivity index (χ2v) is 4.37. The summed E-state index contributed by atoms with van der Waals surface area (Å²) < 4.78 is 10.3. The molecule has 1 fully saturated rings. The molecule has 1 rings (SSSR count). The van der Waals surface area contributed by atoms with Gasteiger partial charge in [-0.2, -0.15) is 5.26 Å². The zero-order chi connectivity index (χ0) is 13.4. The number of nitrogens with zero attached hydrogens (tertiary/aromatic N) is 2. The Kier molecular flexibility index (Phi) is 6.05. The minimum atomic E-state index is -0.940. The molecular formula is C12H20N2O4. The van der Waals surface area contributed by atoms with Gasteiger partial charge in [-0.05, 0) is 12.8 Å². The smallest absolute Gasteiger partial charge is 0.243 e. The average molecular weight is 256 g/mol. The van der Waals surface area contributed by atoms with Crippen LogP contribution >= 0.6 is 0 Å². The van der Waals surface area contributed by atoms with E-state index in [1.54, 1.807) is 7.05 Å². The third-order valence-corrected chi connectivity index (χ3v) is 3.12. The van der Waals surface area contributed by atoms with E-state index in [2.05, 4.69) is 6.07 Å². The van der Waals surface area contributed by atoms with Crippen molar-refractivity contribution in [2.75, 3.05) is 46.6 Å². The van der Waals surface area contributed by atoms with Gasteiger partial charge in [-0.3, -0.25) is 4.79 Å².